The SMILES string of the molecule is Cc1ccc(SCCC(=O)N2CCCCO2)cc1. The highest BCUT2D eigenvalue weighted by Gasteiger charge is 2.16. The van der Waals surface area contributed by atoms with Crippen molar-refractivity contribution in [2.75, 3.05) is 18.9 Å². The molecule has 98 valence electrons. The van der Waals surface area contributed by atoms with E-state index in [0.29, 0.717) is 13.0 Å². The lowest BCUT2D eigenvalue weighted by Crippen LogP contribution is -2.35. The van der Waals surface area contributed by atoms with Crippen molar-refractivity contribution in [3.63, 3.8) is 0 Å². The molecule has 4 heteroatoms. The van der Waals surface area contributed by atoms with Gasteiger partial charge in [0.2, 0.25) is 5.91 Å². The number of amides is 1. The van der Waals surface area contributed by atoms with Gasteiger partial charge in [-0.15, -0.1) is 11.8 Å². The summed E-state index contributed by atoms with van der Waals surface area (Å²) >= 11 is 1.72. The zero-order valence-corrected chi connectivity index (χ0v) is 11.5. The Kier molecular flexibility index (Phi) is 5.08. The number of thioether (sulfide) groups is 1. The fourth-order valence-electron chi connectivity index (χ4n) is 1.81. The highest BCUT2D eigenvalue weighted by Crippen LogP contribution is 2.19. The fraction of sp³-hybridized carbons (Fsp3) is 0.500. The van der Waals surface area contributed by atoms with Crippen molar-refractivity contribution in [1.82, 2.24) is 5.06 Å². The summed E-state index contributed by atoms with van der Waals surface area (Å²) in [4.78, 5) is 18.4. The molecule has 1 aromatic rings. The van der Waals surface area contributed by atoms with Crippen LogP contribution in [0.15, 0.2) is 29.2 Å². The van der Waals surface area contributed by atoms with E-state index in [1.54, 1.807) is 11.8 Å². The molecule has 2 rings (SSSR count). The van der Waals surface area contributed by atoms with Gasteiger partial charge in [0.25, 0.3) is 0 Å². The number of nitrogens with zero attached hydrogens (tertiary/aromatic N) is 1. The minimum absolute atomic E-state index is 0.106. The van der Waals surface area contributed by atoms with E-state index in [0.717, 1.165) is 25.1 Å². The maximum Gasteiger partial charge on any atom is 0.246 e. The fourth-order valence-corrected chi connectivity index (χ4v) is 2.65. The van der Waals surface area contributed by atoms with Gasteiger partial charge < -0.3 is 0 Å². The Balaban J connectivity index is 1.71. The number of benzene rings is 1. The summed E-state index contributed by atoms with van der Waals surface area (Å²) in [6.07, 6.45) is 2.65. The number of hydrogen-bond donors (Lipinski definition) is 0. The number of rotatable bonds is 4. The summed E-state index contributed by atoms with van der Waals surface area (Å²) < 4.78 is 0. The van der Waals surface area contributed by atoms with Crippen LogP contribution in [0.2, 0.25) is 0 Å². The monoisotopic (exact) mass is 265 g/mol. The van der Waals surface area contributed by atoms with Gasteiger partial charge in [0.1, 0.15) is 0 Å². The first-order valence-electron chi connectivity index (χ1n) is 6.38. The van der Waals surface area contributed by atoms with Crippen molar-refractivity contribution < 1.29 is 9.63 Å². The second-order valence-corrected chi connectivity index (χ2v) is 5.62. The Labute approximate surface area is 112 Å². The minimum Gasteiger partial charge on any atom is -0.273 e. The van der Waals surface area contributed by atoms with Gasteiger partial charge in [0.05, 0.1) is 6.61 Å². The number of aryl methyl sites for hydroxylation is 1. The minimum atomic E-state index is 0.106. The van der Waals surface area contributed by atoms with Crippen molar-refractivity contribution in [2.45, 2.75) is 31.1 Å². The van der Waals surface area contributed by atoms with Crippen LogP contribution in [0, 0.1) is 6.92 Å². The van der Waals surface area contributed by atoms with Crippen molar-refractivity contribution in [3.8, 4) is 0 Å². The number of carbonyl (C=O) groups is 1. The summed E-state index contributed by atoms with van der Waals surface area (Å²) in [7, 11) is 0. The first-order valence-corrected chi connectivity index (χ1v) is 7.37. The average molecular weight is 265 g/mol. The van der Waals surface area contributed by atoms with Gasteiger partial charge in [-0.05, 0) is 31.9 Å². The Morgan fingerprint density at radius 2 is 2.11 bits per heavy atom. The van der Waals surface area contributed by atoms with E-state index in [9.17, 15) is 4.79 Å². The van der Waals surface area contributed by atoms with Gasteiger partial charge in [-0.25, -0.2) is 5.06 Å². The molecule has 1 aliphatic rings. The molecule has 0 aromatic heterocycles. The molecule has 1 heterocycles. The Hall–Kier alpha value is -1.00. The van der Waals surface area contributed by atoms with Gasteiger partial charge in [0.15, 0.2) is 0 Å². The van der Waals surface area contributed by atoms with Crippen molar-refractivity contribution in [2.24, 2.45) is 0 Å². The van der Waals surface area contributed by atoms with E-state index in [1.807, 2.05) is 0 Å². The zero-order chi connectivity index (χ0) is 12.8. The summed E-state index contributed by atoms with van der Waals surface area (Å²) in [5, 5.41) is 1.53. The molecule has 0 radical (unpaired) electrons. The lowest BCUT2D eigenvalue weighted by atomic mass is 10.2. The third-order valence-electron chi connectivity index (χ3n) is 2.89. The quantitative estimate of drug-likeness (QED) is 0.784. The van der Waals surface area contributed by atoms with Crippen LogP contribution < -0.4 is 0 Å². The first-order chi connectivity index (χ1) is 8.75. The van der Waals surface area contributed by atoms with Crippen LogP contribution in [0.25, 0.3) is 0 Å². The molecule has 3 nitrogen and oxygen atoms in total. The molecular formula is C14H19NO2S. The molecule has 0 saturated carbocycles. The van der Waals surface area contributed by atoms with Crippen LogP contribution in [0.1, 0.15) is 24.8 Å². The molecule has 0 N–H and O–H groups in total. The van der Waals surface area contributed by atoms with Crippen molar-refractivity contribution in [3.05, 3.63) is 29.8 Å². The first kappa shape index (κ1) is 13.4. The Morgan fingerprint density at radius 3 is 2.78 bits per heavy atom. The molecule has 1 fully saturated rings. The van der Waals surface area contributed by atoms with Gasteiger partial charge in [0, 0.05) is 23.6 Å². The van der Waals surface area contributed by atoms with E-state index >= 15 is 0 Å². The number of carbonyl (C=O) groups excluding carboxylic acids is 1. The number of hydroxylamine groups is 2. The van der Waals surface area contributed by atoms with Gasteiger partial charge >= 0.3 is 0 Å². The molecule has 0 aliphatic carbocycles. The molecule has 0 bridgehead atoms. The standard InChI is InChI=1S/C14H19NO2S/c1-12-4-6-13(7-5-12)18-11-8-14(16)15-9-2-3-10-17-15/h4-7H,2-3,8-11H2,1H3. The van der Waals surface area contributed by atoms with Gasteiger partial charge in [-0.3, -0.25) is 9.63 Å². The van der Waals surface area contributed by atoms with Crippen LogP contribution in [0.4, 0.5) is 0 Å². The molecule has 18 heavy (non-hydrogen) atoms. The maximum absolute atomic E-state index is 11.8. The highest BCUT2D eigenvalue weighted by molar-refractivity contribution is 7.99. The lowest BCUT2D eigenvalue weighted by molar-refractivity contribution is -0.196. The summed E-state index contributed by atoms with van der Waals surface area (Å²) in [6, 6.07) is 8.39. The maximum atomic E-state index is 11.8. The van der Waals surface area contributed by atoms with Crippen LogP contribution in [-0.4, -0.2) is 29.9 Å². The molecule has 0 unspecified atom stereocenters. The van der Waals surface area contributed by atoms with Crippen molar-refractivity contribution in [1.29, 1.82) is 0 Å². The molecule has 0 atom stereocenters. The molecule has 1 aliphatic heterocycles. The normalized spacial score (nSPS) is 15.7. The average Bonchev–Trinajstić information content (AvgIpc) is 2.42. The third kappa shape index (κ3) is 4.03. The van der Waals surface area contributed by atoms with E-state index < -0.39 is 0 Å². The summed E-state index contributed by atoms with van der Waals surface area (Å²) in [5.74, 6) is 0.913. The van der Waals surface area contributed by atoms with Gasteiger partial charge in [-0.2, -0.15) is 0 Å². The molecule has 1 saturated heterocycles. The third-order valence-corrected chi connectivity index (χ3v) is 3.90. The predicted octanol–water partition coefficient (Wildman–Crippen LogP) is 3.03. The van der Waals surface area contributed by atoms with E-state index in [4.69, 9.17) is 4.84 Å². The summed E-state index contributed by atoms with van der Waals surface area (Å²) in [6.45, 7) is 3.50. The van der Waals surface area contributed by atoms with E-state index in [-0.39, 0.29) is 5.91 Å². The number of hydrogen-bond acceptors (Lipinski definition) is 3. The smallest absolute Gasteiger partial charge is 0.246 e. The van der Waals surface area contributed by atoms with Crippen LogP contribution in [-0.2, 0) is 9.63 Å². The Bertz CT molecular complexity index is 385. The van der Waals surface area contributed by atoms with Crippen LogP contribution in [0.5, 0.6) is 0 Å². The molecular weight excluding hydrogens is 246 g/mol. The second-order valence-electron chi connectivity index (χ2n) is 4.45. The largest absolute Gasteiger partial charge is 0.273 e. The van der Waals surface area contributed by atoms with Crippen LogP contribution >= 0.6 is 11.8 Å². The van der Waals surface area contributed by atoms with Crippen molar-refractivity contribution >= 4 is 17.7 Å². The second kappa shape index (κ2) is 6.81. The van der Waals surface area contributed by atoms with E-state index in [1.165, 1.54) is 15.5 Å². The topological polar surface area (TPSA) is 29.5 Å². The molecule has 1 amide bonds. The molecule has 0 spiro atoms. The van der Waals surface area contributed by atoms with Gasteiger partial charge in [-0.1, -0.05) is 17.7 Å². The lowest BCUT2D eigenvalue weighted by Gasteiger charge is -2.25. The summed E-state index contributed by atoms with van der Waals surface area (Å²) in [5.41, 5.74) is 1.26. The predicted molar refractivity (Wildman–Crippen MR) is 73.4 cm³/mol. The Morgan fingerprint density at radius 1 is 1.33 bits per heavy atom. The van der Waals surface area contributed by atoms with E-state index in [2.05, 4.69) is 31.2 Å². The van der Waals surface area contributed by atoms with Crippen LogP contribution in [0.3, 0.4) is 0 Å². The molecule has 1 aromatic carbocycles. The zero-order valence-electron chi connectivity index (χ0n) is 10.7. The highest BCUT2D eigenvalue weighted by atomic mass is 32.2.